The lowest BCUT2D eigenvalue weighted by Gasteiger charge is -2.25. The number of carbonyl (C=O) groups excluding carboxylic acids is 2. The minimum absolute atomic E-state index is 0.308. The van der Waals surface area contributed by atoms with Gasteiger partial charge in [-0.05, 0) is 54.5 Å². The van der Waals surface area contributed by atoms with E-state index < -0.39 is 5.91 Å². The van der Waals surface area contributed by atoms with E-state index in [1.165, 1.54) is 5.56 Å². The molecule has 1 amide bonds. The van der Waals surface area contributed by atoms with Crippen LogP contribution < -0.4 is 16.4 Å². The van der Waals surface area contributed by atoms with Crippen molar-refractivity contribution in [2.24, 2.45) is 5.73 Å². The molecule has 0 unspecified atom stereocenters. The summed E-state index contributed by atoms with van der Waals surface area (Å²) in [6.07, 6.45) is 8.38. The van der Waals surface area contributed by atoms with E-state index in [0.29, 0.717) is 12.8 Å². The molecular weight excluding hydrogens is 304 g/mol. The Morgan fingerprint density at radius 2 is 2.08 bits per heavy atom. The van der Waals surface area contributed by atoms with E-state index in [1.807, 2.05) is 31.6 Å². The van der Waals surface area contributed by atoms with Crippen LogP contribution in [0.2, 0.25) is 0 Å². The number of nitrogens with zero attached hydrogens (tertiary/aromatic N) is 1. The van der Waals surface area contributed by atoms with E-state index in [9.17, 15) is 9.59 Å². The molecule has 3 rings (SSSR count). The third-order valence-corrected chi connectivity index (χ3v) is 4.52. The Morgan fingerprint density at radius 3 is 2.71 bits per heavy atom. The van der Waals surface area contributed by atoms with Crippen LogP contribution in [0.15, 0.2) is 24.5 Å². The van der Waals surface area contributed by atoms with E-state index in [2.05, 4.69) is 15.2 Å². The zero-order valence-corrected chi connectivity index (χ0v) is 13.8. The Morgan fingerprint density at radius 1 is 1.33 bits per heavy atom. The van der Waals surface area contributed by atoms with Crippen molar-refractivity contribution < 1.29 is 9.59 Å². The predicted octanol–water partition coefficient (Wildman–Crippen LogP) is 1.99. The molecule has 126 valence electrons. The summed E-state index contributed by atoms with van der Waals surface area (Å²) in [6.45, 7) is 0.502. The number of hydrogen-bond acceptors (Lipinski definition) is 4. The summed E-state index contributed by atoms with van der Waals surface area (Å²) < 4.78 is 2.08. The van der Waals surface area contributed by atoms with E-state index in [-0.39, 0.29) is 0 Å². The van der Waals surface area contributed by atoms with Gasteiger partial charge in [0.2, 0.25) is 6.29 Å². The van der Waals surface area contributed by atoms with Gasteiger partial charge in [0.1, 0.15) is 0 Å². The van der Waals surface area contributed by atoms with Gasteiger partial charge in [-0.2, -0.15) is 0 Å². The maximum absolute atomic E-state index is 11.6. The van der Waals surface area contributed by atoms with Crippen molar-refractivity contribution in [3.63, 3.8) is 0 Å². The Labute approximate surface area is 141 Å². The lowest BCUT2D eigenvalue weighted by Crippen LogP contribution is -2.19. The largest absolute Gasteiger partial charge is 0.386 e. The van der Waals surface area contributed by atoms with Gasteiger partial charge in [-0.3, -0.25) is 9.59 Å². The van der Waals surface area contributed by atoms with Gasteiger partial charge in [-0.25, -0.2) is 0 Å². The Bertz CT molecular complexity index is 780. The number of nitrogens with two attached hydrogens (primary N) is 1. The number of nitrogens with one attached hydrogen (secondary N) is 2. The standard InChI is InChI=1S/C18H22N4O2/c1-20-15-8-16(22-7-6-12(9-19)10-22)13-4-2-3-5-14(13)18(15)21-17(24)11-23/h6-8,10-11,20H,2-5,9,19H2,1H3,(H,21,24). The highest BCUT2D eigenvalue weighted by Gasteiger charge is 2.22. The van der Waals surface area contributed by atoms with Crippen LogP contribution in [0, 0.1) is 0 Å². The van der Waals surface area contributed by atoms with Crippen molar-refractivity contribution >= 4 is 23.6 Å². The zero-order valence-electron chi connectivity index (χ0n) is 13.8. The average molecular weight is 326 g/mol. The molecule has 6 nitrogen and oxygen atoms in total. The summed E-state index contributed by atoms with van der Waals surface area (Å²) >= 11 is 0. The van der Waals surface area contributed by atoms with Crippen LogP contribution >= 0.6 is 0 Å². The molecule has 1 aromatic heterocycles. The van der Waals surface area contributed by atoms with Gasteiger partial charge in [0.05, 0.1) is 17.1 Å². The van der Waals surface area contributed by atoms with E-state index in [4.69, 9.17) is 5.73 Å². The van der Waals surface area contributed by atoms with Crippen LogP contribution in [-0.2, 0) is 29.0 Å². The quantitative estimate of drug-likeness (QED) is 0.579. The first kappa shape index (κ1) is 16.3. The minimum Gasteiger partial charge on any atom is -0.386 e. The van der Waals surface area contributed by atoms with Crippen LogP contribution in [0.1, 0.15) is 29.5 Å². The number of rotatable bonds is 5. The number of anilines is 2. The molecular formula is C18H22N4O2. The zero-order chi connectivity index (χ0) is 17.1. The van der Waals surface area contributed by atoms with Gasteiger partial charge in [-0.15, -0.1) is 0 Å². The summed E-state index contributed by atoms with van der Waals surface area (Å²) in [5.41, 5.74) is 11.8. The molecule has 0 radical (unpaired) electrons. The van der Waals surface area contributed by atoms with Crippen LogP contribution in [-0.4, -0.2) is 23.8 Å². The molecule has 1 heterocycles. The van der Waals surface area contributed by atoms with Crippen molar-refractivity contribution in [1.82, 2.24) is 4.57 Å². The van der Waals surface area contributed by atoms with Crippen molar-refractivity contribution in [3.8, 4) is 5.69 Å². The summed E-state index contributed by atoms with van der Waals surface area (Å²) in [7, 11) is 1.81. The number of carbonyl (C=O) groups is 2. The van der Waals surface area contributed by atoms with Gasteiger partial charge in [0.25, 0.3) is 5.91 Å². The van der Waals surface area contributed by atoms with Crippen LogP contribution in [0.5, 0.6) is 0 Å². The van der Waals surface area contributed by atoms with Gasteiger partial charge >= 0.3 is 0 Å². The molecule has 2 aromatic rings. The third-order valence-electron chi connectivity index (χ3n) is 4.52. The number of aldehydes is 1. The van der Waals surface area contributed by atoms with Crippen molar-refractivity contribution in [3.05, 3.63) is 41.2 Å². The molecule has 0 fully saturated rings. The van der Waals surface area contributed by atoms with Crippen molar-refractivity contribution in [2.75, 3.05) is 17.7 Å². The fourth-order valence-electron chi connectivity index (χ4n) is 3.36. The monoisotopic (exact) mass is 326 g/mol. The highest BCUT2D eigenvalue weighted by molar-refractivity contribution is 6.30. The predicted molar refractivity (Wildman–Crippen MR) is 94.5 cm³/mol. The highest BCUT2D eigenvalue weighted by atomic mass is 16.2. The maximum Gasteiger partial charge on any atom is 0.288 e. The molecule has 0 bridgehead atoms. The molecule has 1 aromatic carbocycles. The number of benzene rings is 1. The SMILES string of the molecule is CNc1cc(-n2ccc(CN)c2)c2c(c1NC(=O)C=O)CCCC2. The molecule has 4 N–H and O–H groups in total. The molecule has 1 aliphatic rings. The first-order valence-electron chi connectivity index (χ1n) is 8.18. The molecule has 0 saturated heterocycles. The van der Waals surface area contributed by atoms with Crippen LogP contribution in [0.25, 0.3) is 5.69 Å². The number of hydrogen-bond donors (Lipinski definition) is 3. The molecule has 0 saturated carbocycles. The average Bonchev–Trinajstić information content (AvgIpc) is 3.10. The van der Waals surface area contributed by atoms with Gasteiger partial charge in [-0.1, -0.05) is 0 Å². The number of fused-ring (bicyclic) bond motifs is 1. The first-order valence-corrected chi connectivity index (χ1v) is 8.18. The summed E-state index contributed by atoms with van der Waals surface area (Å²) in [5.74, 6) is -0.626. The van der Waals surface area contributed by atoms with Gasteiger partial charge in [0.15, 0.2) is 0 Å². The topological polar surface area (TPSA) is 89.2 Å². The Kier molecular flexibility index (Phi) is 4.66. The van der Waals surface area contributed by atoms with Crippen LogP contribution in [0.3, 0.4) is 0 Å². The summed E-state index contributed by atoms with van der Waals surface area (Å²) in [5, 5.41) is 5.87. The lowest BCUT2D eigenvalue weighted by molar-refractivity contribution is -0.127. The molecule has 24 heavy (non-hydrogen) atoms. The third kappa shape index (κ3) is 2.92. The van der Waals surface area contributed by atoms with Gasteiger partial charge in [0, 0.05) is 26.0 Å². The molecule has 0 aliphatic heterocycles. The van der Waals surface area contributed by atoms with Crippen molar-refractivity contribution in [1.29, 1.82) is 0 Å². The smallest absolute Gasteiger partial charge is 0.288 e. The summed E-state index contributed by atoms with van der Waals surface area (Å²) in [6, 6.07) is 4.03. The fraction of sp³-hybridized carbons (Fsp3) is 0.333. The molecule has 1 aliphatic carbocycles. The Balaban J connectivity index is 2.17. The molecule has 0 spiro atoms. The van der Waals surface area contributed by atoms with Crippen molar-refractivity contribution in [2.45, 2.75) is 32.2 Å². The second-order valence-corrected chi connectivity index (χ2v) is 5.97. The highest BCUT2D eigenvalue weighted by Crippen LogP contribution is 2.38. The van der Waals surface area contributed by atoms with E-state index >= 15 is 0 Å². The fourth-order valence-corrected chi connectivity index (χ4v) is 3.36. The second kappa shape index (κ2) is 6.88. The van der Waals surface area contributed by atoms with E-state index in [0.717, 1.165) is 53.9 Å². The second-order valence-electron chi connectivity index (χ2n) is 5.97. The number of aromatic nitrogens is 1. The van der Waals surface area contributed by atoms with E-state index in [1.54, 1.807) is 0 Å². The summed E-state index contributed by atoms with van der Waals surface area (Å²) in [4.78, 5) is 22.4. The molecule has 6 heteroatoms. The Hall–Kier alpha value is -2.60. The van der Waals surface area contributed by atoms with Gasteiger partial charge < -0.3 is 20.9 Å². The first-order chi connectivity index (χ1) is 11.7. The normalized spacial score (nSPS) is 13.2. The maximum atomic E-state index is 11.6. The lowest BCUT2D eigenvalue weighted by atomic mass is 9.88. The minimum atomic E-state index is -0.626. The van der Waals surface area contributed by atoms with Crippen LogP contribution in [0.4, 0.5) is 11.4 Å². The molecule has 0 atom stereocenters. The number of amides is 1.